The number of halogens is 6. The number of nitrogens with zero attached hydrogens (tertiary/aromatic N) is 5. The first-order chi connectivity index (χ1) is 16.9. The van der Waals surface area contributed by atoms with Gasteiger partial charge in [-0.2, -0.15) is 26.3 Å². The second-order valence-electron chi connectivity index (χ2n) is 7.77. The van der Waals surface area contributed by atoms with Crippen molar-refractivity contribution in [1.29, 1.82) is 0 Å². The highest BCUT2D eigenvalue weighted by Crippen LogP contribution is 2.29. The van der Waals surface area contributed by atoms with Crippen LogP contribution in [0.25, 0.3) is 16.9 Å². The van der Waals surface area contributed by atoms with Gasteiger partial charge in [0.15, 0.2) is 0 Å². The largest absolute Gasteiger partial charge is 0.475 e. The molecule has 2 amide bonds. The minimum Gasteiger partial charge on any atom is -0.475 e. The highest BCUT2D eigenvalue weighted by atomic mass is 19.4. The van der Waals surface area contributed by atoms with Crippen LogP contribution < -0.4 is 10.1 Å². The molecule has 3 aromatic heterocycles. The van der Waals surface area contributed by atoms with Crippen LogP contribution in [0.5, 0.6) is 5.88 Å². The summed E-state index contributed by atoms with van der Waals surface area (Å²) in [7, 11) is 0. The van der Waals surface area contributed by atoms with Crippen molar-refractivity contribution in [1.82, 2.24) is 29.6 Å². The van der Waals surface area contributed by atoms with Gasteiger partial charge in [-0.15, -0.1) is 0 Å². The van der Waals surface area contributed by atoms with Gasteiger partial charge >= 0.3 is 18.4 Å². The highest BCUT2D eigenvalue weighted by Gasteiger charge is 2.43. The normalized spacial score (nSPS) is 13.0. The number of urea groups is 1. The van der Waals surface area contributed by atoms with Crippen LogP contribution in [0, 0.1) is 0 Å². The fourth-order valence-electron chi connectivity index (χ4n) is 3.39. The molecule has 14 heteroatoms. The van der Waals surface area contributed by atoms with Crippen molar-refractivity contribution in [3.63, 3.8) is 0 Å². The summed E-state index contributed by atoms with van der Waals surface area (Å²) in [5.74, 6) is 0.310. The molecule has 1 atom stereocenters. The van der Waals surface area contributed by atoms with Gasteiger partial charge in [0.25, 0.3) is 5.88 Å². The Morgan fingerprint density at radius 2 is 1.92 bits per heavy atom. The summed E-state index contributed by atoms with van der Waals surface area (Å²) < 4.78 is 84.3. The van der Waals surface area contributed by atoms with E-state index in [0.29, 0.717) is 35.1 Å². The van der Waals surface area contributed by atoms with E-state index in [1.807, 2.05) is 0 Å². The van der Waals surface area contributed by atoms with E-state index in [-0.39, 0.29) is 13.1 Å². The molecule has 0 aliphatic rings. The van der Waals surface area contributed by atoms with Crippen LogP contribution in [0.2, 0.25) is 0 Å². The van der Waals surface area contributed by atoms with Crippen molar-refractivity contribution < 1.29 is 35.9 Å². The number of hydrogen-bond acceptors (Lipinski definition) is 5. The van der Waals surface area contributed by atoms with Gasteiger partial charge in [0.1, 0.15) is 6.04 Å². The van der Waals surface area contributed by atoms with Crippen molar-refractivity contribution in [2.75, 3.05) is 13.2 Å². The number of hydrogen-bond donors (Lipinski definition) is 1. The number of fused-ring (bicyclic) bond motifs is 1. The second-order valence-corrected chi connectivity index (χ2v) is 7.77. The average Bonchev–Trinajstić information content (AvgIpc) is 3.28. The van der Waals surface area contributed by atoms with Gasteiger partial charge in [0, 0.05) is 43.3 Å². The van der Waals surface area contributed by atoms with Gasteiger partial charge in [-0.05, 0) is 32.4 Å². The van der Waals surface area contributed by atoms with Crippen LogP contribution in [0.1, 0.15) is 32.4 Å². The third-order valence-corrected chi connectivity index (χ3v) is 5.17. The van der Waals surface area contributed by atoms with E-state index >= 15 is 0 Å². The molecule has 0 saturated heterocycles. The SMILES string of the molecule is CCOc1nc(-c2ccnc(CN(CC)C(=O)NC(CCC(F)(F)F)C(F)(F)F)c2)cn2ccnc12. The number of amides is 2. The van der Waals surface area contributed by atoms with E-state index in [1.165, 1.54) is 13.1 Å². The Morgan fingerprint density at radius 3 is 2.56 bits per heavy atom. The molecule has 0 fully saturated rings. The summed E-state index contributed by atoms with van der Waals surface area (Å²) in [6.07, 6.45) is -6.33. The number of imidazole rings is 1. The number of nitrogens with one attached hydrogen (secondary N) is 1. The average molecular weight is 518 g/mol. The lowest BCUT2D eigenvalue weighted by Gasteiger charge is -2.27. The first-order valence-corrected chi connectivity index (χ1v) is 11.0. The summed E-state index contributed by atoms with van der Waals surface area (Å²) in [6.45, 7) is 3.52. The Kier molecular flexibility index (Phi) is 8.25. The lowest BCUT2D eigenvalue weighted by atomic mass is 10.1. The maximum Gasteiger partial charge on any atom is 0.408 e. The first-order valence-electron chi connectivity index (χ1n) is 11.0. The van der Waals surface area contributed by atoms with Crippen molar-refractivity contribution in [3.8, 4) is 17.1 Å². The summed E-state index contributed by atoms with van der Waals surface area (Å²) >= 11 is 0. The van der Waals surface area contributed by atoms with Crippen LogP contribution in [0.4, 0.5) is 31.1 Å². The molecule has 3 rings (SSSR count). The molecule has 0 aromatic carbocycles. The van der Waals surface area contributed by atoms with Gasteiger partial charge in [0.2, 0.25) is 5.65 Å². The number of carbonyl (C=O) groups is 1. The van der Waals surface area contributed by atoms with Crippen molar-refractivity contribution in [3.05, 3.63) is 42.6 Å². The summed E-state index contributed by atoms with van der Waals surface area (Å²) in [6, 6.07) is -0.507. The second kappa shape index (κ2) is 11.0. The first kappa shape index (κ1) is 27.0. The smallest absolute Gasteiger partial charge is 0.408 e. The maximum absolute atomic E-state index is 13.2. The molecule has 0 spiro atoms. The maximum atomic E-state index is 13.2. The molecular formula is C22H24F6N6O2. The zero-order valence-electron chi connectivity index (χ0n) is 19.4. The molecule has 0 bridgehead atoms. The van der Waals surface area contributed by atoms with E-state index in [4.69, 9.17) is 4.74 Å². The summed E-state index contributed by atoms with van der Waals surface area (Å²) in [4.78, 5) is 26.4. The third-order valence-electron chi connectivity index (χ3n) is 5.17. The van der Waals surface area contributed by atoms with E-state index < -0.39 is 37.3 Å². The molecule has 0 radical (unpaired) electrons. The number of aromatic nitrogens is 4. The van der Waals surface area contributed by atoms with Crippen molar-refractivity contribution in [2.45, 2.75) is 51.6 Å². The summed E-state index contributed by atoms with van der Waals surface area (Å²) in [5.41, 5.74) is 1.97. The van der Waals surface area contributed by atoms with E-state index in [0.717, 1.165) is 4.90 Å². The monoisotopic (exact) mass is 518 g/mol. The number of pyridine rings is 1. The molecular weight excluding hydrogens is 494 g/mol. The molecule has 3 heterocycles. The third kappa shape index (κ3) is 6.98. The minimum atomic E-state index is -5.03. The van der Waals surface area contributed by atoms with E-state index in [2.05, 4.69) is 15.0 Å². The van der Waals surface area contributed by atoms with Crippen LogP contribution in [0.15, 0.2) is 36.9 Å². The lowest BCUT2D eigenvalue weighted by Crippen LogP contribution is -2.50. The zero-order chi connectivity index (χ0) is 26.5. The Labute approximate surface area is 202 Å². The topological polar surface area (TPSA) is 84.7 Å². The Bertz CT molecular complexity index is 1180. The molecule has 1 N–H and O–H groups in total. The van der Waals surface area contributed by atoms with Crippen LogP contribution in [-0.2, 0) is 6.54 Å². The highest BCUT2D eigenvalue weighted by molar-refractivity contribution is 5.74. The van der Waals surface area contributed by atoms with Gasteiger partial charge < -0.3 is 19.4 Å². The quantitative estimate of drug-likeness (QED) is 0.404. The Hall–Kier alpha value is -3.58. The predicted octanol–water partition coefficient (Wildman–Crippen LogP) is 4.99. The molecule has 8 nitrogen and oxygen atoms in total. The van der Waals surface area contributed by atoms with Crippen molar-refractivity contribution >= 4 is 11.7 Å². The molecule has 0 aliphatic carbocycles. The van der Waals surface area contributed by atoms with Gasteiger partial charge in [0.05, 0.1) is 24.5 Å². The van der Waals surface area contributed by atoms with Gasteiger partial charge in [-0.1, -0.05) is 0 Å². The fraction of sp³-hybridized carbons (Fsp3) is 0.455. The van der Waals surface area contributed by atoms with Gasteiger partial charge in [-0.3, -0.25) is 4.98 Å². The number of rotatable bonds is 9. The minimum absolute atomic E-state index is 0.00464. The predicted molar refractivity (Wildman–Crippen MR) is 117 cm³/mol. The number of ether oxygens (including phenoxy) is 1. The van der Waals surface area contributed by atoms with Gasteiger partial charge in [-0.25, -0.2) is 14.8 Å². The van der Waals surface area contributed by atoms with Crippen LogP contribution in [-0.4, -0.2) is 61.8 Å². The van der Waals surface area contributed by atoms with E-state index in [1.54, 1.807) is 47.4 Å². The molecule has 1 unspecified atom stereocenters. The lowest BCUT2D eigenvalue weighted by molar-refractivity contribution is -0.171. The fourth-order valence-corrected chi connectivity index (χ4v) is 3.39. The van der Waals surface area contributed by atoms with Crippen LogP contribution >= 0.6 is 0 Å². The van der Waals surface area contributed by atoms with Crippen molar-refractivity contribution in [2.24, 2.45) is 0 Å². The van der Waals surface area contributed by atoms with Crippen LogP contribution in [0.3, 0.4) is 0 Å². The van der Waals surface area contributed by atoms with E-state index in [9.17, 15) is 31.1 Å². The Morgan fingerprint density at radius 1 is 1.17 bits per heavy atom. The standard InChI is InChI=1S/C22H24F6N6O2/c1-3-33(20(35)32-17(22(26,27)28)5-7-21(23,24)25)12-15-11-14(6-8-29-15)16-13-34-10-9-30-18(34)19(31-16)36-4-2/h6,8-11,13,17H,3-5,7,12H2,1-2H3,(H,32,35). The molecule has 3 aromatic rings. The Balaban J connectivity index is 1.78. The zero-order valence-corrected chi connectivity index (χ0v) is 19.4. The summed E-state index contributed by atoms with van der Waals surface area (Å²) in [5, 5.41) is 1.68. The molecule has 196 valence electrons. The molecule has 0 saturated carbocycles. The number of alkyl halides is 6. The molecule has 0 aliphatic heterocycles. The molecule has 36 heavy (non-hydrogen) atoms. The number of carbonyl (C=O) groups excluding carboxylic acids is 1.